The van der Waals surface area contributed by atoms with Crippen LogP contribution in [0.25, 0.3) is 0 Å². The van der Waals surface area contributed by atoms with Gasteiger partial charge in [-0.3, -0.25) is 4.79 Å². The zero-order valence-corrected chi connectivity index (χ0v) is 11.6. The van der Waals surface area contributed by atoms with Crippen LogP contribution in [0.4, 0.5) is 5.69 Å². The van der Waals surface area contributed by atoms with Crippen molar-refractivity contribution in [3.8, 4) is 11.5 Å². The largest absolute Gasteiger partial charge is 0.493 e. The molecule has 0 atom stereocenters. The number of hydrogen-bond donors (Lipinski definition) is 2. The van der Waals surface area contributed by atoms with Gasteiger partial charge in [-0.05, 0) is 13.0 Å². The molecule has 1 aromatic rings. The van der Waals surface area contributed by atoms with Gasteiger partial charge in [-0.15, -0.1) is 11.8 Å². The minimum atomic E-state index is -0.0170. The van der Waals surface area contributed by atoms with Gasteiger partial charge >= 0.3 is 0 Å². The Morgan fingerprint density at radius 1 is 1.33 bits per heavy atom. The van der Waals surface area contributed by atoms with Gasteiger partial charge in [0.25, 0.3) is 0 Å². The Bertz CT molecular complexity index is 424. The normalized spacial score (nSPS) is 9.94. The molecule has 0 saturated heterocycles. The van der Waals surface area contributed by atoms with Crippen molar-refractivity contribution in [1.29, 1.82) is 0 Å². The average molecular weight is 270 g/mol. The lowest BCUT2D eigenvalue weighted by atomic mass is 10.3. The third kappa shape index (κ3) is 3.73. The molecule has 0 unspecified atom stereocenters. The number of anilines is 1. The molecule has 18 heavy (non-hydrogen) atoms. The fraction of sp³-hybridized carbons (Fsp3) is 0.417. The number of amides is 1. The van der Waals surface area contributed by atoms with Crippen molar-refractivity contribution in [2.45, 2.75) is 11.8 Å². The maximum absolute atomic E-state index is 11.4. The second kappa shape index (κ2) is 7.00. The summed E-state index contributed by atoms with van der Waals surface area (Å²) < 4.78 is 10.3. The van der Waals surface area contributed by atoms with E-state index in [0.29, 0.717) is 29.5 Å². The molecule has 0 bridgehead atoms. The van der Waals surface area contributed by atoms with Gasteiger partial charge in [0.1, 0.15) is 0 Å². The average Bonchev–Trinajstić information content (AvgIpc) is 2.37. The molecule has 5 nitrogen and oxygen atoms in total. The Morgan fingerprint density at radius 2 is 1.94 bits per heavy atom. The molecule has 0 heterocycles. The highest BCUT2D eigenvalue weighted by Gasteiger charge is 2.11. The Balaban J connectivity index is 2.79. The summed E-state index contributed by atoms with van der Waals surface area (Å²) in [4.78, 5) is 12.2. The van der Waals surface area contributed by atoms with E-state index in [0.717, 1.165) is 4.90 Å². The molecule has 0 aliphatic rings. The molecule has 6 heteroatoms. The summed E-state index contributed by atoms with van der Waals surface area (Å²) in [7, 11) is 3.12. The number of rotatable bonds is 6. The minimum Gasteiger partial charge on any atom is -0.493 e. The summed E-state index contributed by atoms with van der Waals surface area (Å²) in [5.41, 5.74) is 6.46. The topological polar surface area (TPSA) is 73.6 Å². The molecule has 0 radical (unpaired) electrons. The van der Waals surface area contributed by atoms with E-state index in [1.165, 1.54) is 11.8 Å². The summed E-state index contributed by atoms with van der Waals surface area (Å²) in [5, 5.41) is 2.73. The van der Waals surface area contributed by atoms with E-state index < -0.39 is 0 Å². The van der Waals surface area contributed by atoms with Gasteiger partial charge in [0, 0.05) is 23.2 Å². The van der Waals surface area contributed by atoms with Crippen molar-refractivity contribution in [1.82, 2.24) is 5.32 Å². The maximum atomic E-state index is 11.4. The smallest absolute Gasteiger partial charge is 0.230 e. The first-order valence-corrected chi connectivity index (χ1v) is 6.51. The van der Waals surface area contributed by atoms with Gasteiger partial charge in [-0.2, -0.15) is 0 Å². The molecule has 0 saturated carbocycles. The molecule has 1 aromatic carbocycles. The number of nitrogens with one attached hydrogen (secondary N) is 1. The second-order valence-corrected chi connectivity index (χ2v) is 4.50. The predicted molar refractivity (Wildman–Crippen MR) is 73.4 cm³/mol. The molecular weight excluding hydrogens is 252 g/mol. The molecule has 3 N–H and O–H groups in total. The SMILES string of the molecule is CCNC(=O)CSc1cc(OC)c(OC)cc1N. The van der Waals surface area contributed by atoms with E-state index in [1.54, 1.807) is 26.4 Å². The van der Waals surface area contributed by atoms with Gasteiger partial charge in [0.2, 0.25) is 5.91 Å². The van der Waals surface area contributed by atoms with Crippen LogP contribution in [-0.2, 0) is 4.79 Å². The van der Waals surface area contributed by atoms with Crippen LogP contribution < -0.4 is 20.5 Å². The fourth-order valence-corrected chi connectivity index (χ4v) is 2.20. The lowest BCUT2D eigenvalue weighted by molar-refractivity contribution is -0.118. The highest BCUT2D eigenvalue weighted by Crippen LogP contribution is 2.36. The Hall–Kier alpha value is -1.56. The first-order chi connectivity index (χ1) is 8.62. The van der Waals surface area contributed by atoms with Crippen molar-refractivity contribution in [2.75, 3.05) is 32.3 Å². The molecule has 0 aliphatic heterocycles. The monoisotopic (exact) mass is 270 g/mol. The van der Waals surface area contributed by atoms with E-state index in [9.17, 15) is 4.79 Å². The molecular formula is C12H18N2O3S. The molecule has 1 rings (SSSR count). The third-order valence-corrected chi connectivity index (χ3v) is 3.32. The number of thioether (sulfide) groups is 1. The number of methoxy groups -OCH3 is 2. The zero-order valence-electron chi connectivity index (χ0n) is 10.8. The van der Waals surface area contributed by atoms with Gasteiger partial charge < -0.3 is 20.5 Å². The van der Waals surface area contributed by atoms with Gasteiger partial charge in [0.15, 0.2) is 11.5 Å². The molecule has 1 amide bonds. The van der Waals surface area contributed by atoms with Crippen LogP contribution in [0.3, 0.4) is 0 Å². The maximum Gasteiger partial charge on any atom is 0.230 e. The van der Waals surface area contributed by atoms with Crippen LogP contribution in [0.5, 0.6) is 11.5 Å². The summed E-state index contributed by atoms with van der Waals surface area (Å²) in [6.07, 6.45) is 0. The van der Waals surface area contributed by atoms with E-state index in [4.69, 9.17) is 15.2 Å². The van der Waals surface area contributed by atoms with Crippen molar-refractivity contribution in [3.05, 3.63) is 12.1 Å². The molecule has 0 spiro atoms. The number of hydrogen-bond acceptors (Lipinski definition) is 5. The summed E-state index contributed by atoms with van der Waals surface area (Å²) in [5.74, 6) is 1.49. The highest BCUT2D eigenvalue weighted by atomic mass is 32.2. The summed E-state index contributed by atoms with van der Waals surface area (Å²) >= 11 is 1.37. The third-order valence-electron chi connectivity index (χ3n) is 2.25. The summed E-state index contributed by atoms with van der Waals surface area (Å²) in [6.45, 7) is 2.51. The molecule has 0 fully saturated rings. The minimum absolute atomic E-state index is 0.0170. The number of carbonyl (C=O) groups excluding carboxylic acids is 1. The van der Waals surface area contributed by atoms with Gasteiger partial charge in [-0.25, -0.2) is 0 Å². The number of benzene rings is 1. The van der Waals surface area contributed by atoms with Crippen molar-refractivity contribution in [2.24, 2.45) is 0 Å². The number of nitrogens with two attached hydrogens (primary N) is 1. The van der Waals surface area contributed by atoms with Crippen LogP contribution in [0.2, 0.25) is 0 Å². The van der Waals surface area contributed by atoms with Crippen LogP contribution in [0, 0.1) is 0 Å². The van der Waals surface area contributed by atoms with Crippen molar-refractivity contribution >= 4 is 23.4 Å². The first kappa shape index (κ1) is 14.5. The zero-order chi connectivity index (χ0) is 13.5. The van der Waals surface area contributed by atoms with E-state index in [1.807, 2.05) is 6.92 Å². The lowest BCUT2D eigenvalue weighted by Gasteiger charge is -2.12. The van der Waals surface area contributed by atoms with Crippen LogP contribution in [0.15, 0.2) is 17.0 Å². The summed E-state index contributed by atoms with van der Waals surface area (Å²) in [6, 6.07) is 3.47. The van der Waals surface area contributed by atoms with Crippen molar-refractivity contribution < 1.29 is 14.3 Å². The van der Waals surface area contributed by atoms with Gasteiger partial charge in [-0.1, -0.05) is 0 Å². The van der Waals surface area contributed by atoms with Crippen LogP contribution in [0.1, 0.15) is 6.92 Å². The van der Waals surface area contributed by atoms with Crippen molar-refractivity contribution in [3.63, 3.8) is 0 Å². The second-order valence-electron chi connectivity index (χ2n) is 3.49. The van der Waals surface area contributed by atoms with E-state index in [2.05, 4.69) is 5.32 Å². The van der Waals surface area contributed by atoms with Crippen LogP contribution >= 0.6 is 11.8 Å². The van der Waals surface area contributed by atoms with E-state index in [-0.39, 0.29) is 5.91 Å². The molecule has 0 aromatic heterocycles. The Labute approximate surface area is 111 Å². The predicted octanol–water partition coefficient (Wildman–Crippen LogP) is 1.51. The quantitative estimate of drug-likeness (QED) is 0.605. The van der Waals surface area contributed by atoms with Crippen LogP contribution in [-0.4, -0.2) is 32.4 Å². The Kier molecular flexibility index (Phi) is 5.64. The number of ether oxygens (including phenoxy) is 2. The fourth-order valence-electron chi connectivity index (χ4n) is 1.39. The van der Waals surface area contributed by atoms with E-state index >= 15 is 0 Å². The standard InChI is InChI=1S/C12H18N2O3S/c1-4-14-12(15)7-18-11-6-10(17-3)9(16-2)5-8(11)13/h5-6H,4,7,13H2,1-3H3,(H,14,15). The lowest BCUT2D eigenvalue weighted by Crippen LogP contribution is -2.24. The Morgan fingerprint density at radius 3 is 2.50 bits per heavy atom. The van der Waals surface area contributed by atoms with Gasteiger partial charge in [0.05, 0.1) is 20.0 Å². The first-order valence-electron chi connectivity index (χ1n) is 5.53. The molecule has 100 valence electrons. The molecule has 0 aliphatic carbocycles. The number of carbonyl (C=O) groups is 1. The highest BCUT2D eigenvalue weighted by molar-refractivity contribution is 8.00. The number of nitrogen functional groups attached to an aromatic ring is 1.